The predicted molar refractivity (Wildman–Crippen MR) is 108 cm³/mol. The number of aromatic amines is 1. The zero-order chi connectivity index (χ0) is 20.4. The van der Waals surface area contributed by atoms with E-state index in [0.717, 1.165) is 5.56 Å². The van der Waals surface area contributed by atoms with Gasteiger partial charge in [0.2, 0.25) is 5.95 Å². The van der Waals surface area contributed by atoms with Gasteiger partial charge < -0.3 is 15.4 Å². The van der Waals surface area contributed by atoms with Crippen LogP contribution >= 0.6 is 0 Å². The average molecular weight is 392 g/mol. The van der Waals surface area contributed by atoms with Gasteiger partial charge in [0.15, 0.2) is 5.82 Å². The molecule has 0 saturated carbocycles. The smallest absolute Gasteiger partial charge is 0.423 e. The number of halogens is 1. The van der Waals surface area contributed by atoms with Crippen LogP contribution < -0.4 is 10.8 Å². The highest BCUT2D eigenvalue weighted by Gasteiger charge is 2.20. The lowest BCUT2D eigenvalue weighted by Gasteiger charge is -2.08. The summed E-state index contributed by atoms with van der Waals surface area (Å²) in [6.07, 6.45) is 0.594. The molecule has 0 aliphatic rings. The summed E-state index contributed by atoms with van der Waals surface area (Å²) in [6.45, 7) is 2.29. The van der Waals surface area contributed by atoms with E-state index in [9.17, 15) is 14.4 Å². The molecule has 146 valence electrons. The Balaban J connectivity index is 1.70. The van der Waals surface area contributed by atoms with Gasteiger partial charge in [-0.15, -0.1) is 0 Å². The average Bonchev–Trinajstić information content (AvgIpc) is 3.16. The first-order chi connectivity index (χ1) is 14.0. The van der Waals surface area contributed by atoms with Crippen LogP contribution in [0.1, 0.15) is 18.3 Å². The Labute approximate surface area is 166 Å². The highest BCUT2D eigenvalue weighted by Crippen LogP contribution is 2.23. The normalized spacial score (nSPS) is 11.0. The van der Waals surface area contributed by atoms with E-state index < -0.39 is 7.12 Å². The molecule has 4 N–H and O–H groups in total. The molecular weight excluding hydrogens is 374 g/mol. The van der Waals surface area contributed by atoms with Crippen LogP contribution in [-0.2, 0) is 13.0 Å². The maximum atomic E-state index is 13.4. The zero-order valence-electron chi connectivity index (χ0n) is 15.6. The minimum absolute atomic E-state index is 0.291. The van der Waals surface area contributed by atoms with Gasteiger partial charge in [-0.25, -0.2) is 9.37 Å². The fourth-order valence-electron chi connectivity index (χ4n) is 3.04. The van der Waals surface area contributed by atoms with Crippen molar-refractivity contribution < 1.29 is 14.4 Å². The fraction of sp³-hybridized carbons (Fsp3) is 0.158. The summed E-state index contributed by atoms with van der Waals surface area (Å²) in [5.74, 6) is 1.02. The minimum Gasteiger partial charge on any atom is -0.423 e. The van der Waals surface area contributed by atoms with Crippen LogP contribution in [0.3, 0.4) is 0 Å². The summed E-state index contributed by atoms with van der Waals surface area (Å²) >= 11 is 0. The molecule has 0 fully saturated rings. The van der Waals surface area contributed by atoms with Crippen molar-refractivity contribution in [3.8, 4) is 11.5 Å². The maximum Gasteiger partial charge on any atom is 0.490 e. The lowest BCUT2D eigenvalue weighted by molar-refractivity contribution is 0.426. The van der Waals surface area contributed by atoms with Crippen LogP contribution in [0.4, 0.5) is 10.3 Å². The Hall–Kier alpha value is -3.37. The Morgan fingerprint density at radius 2 is 1.93 bits per heavy atom. The molecule has 4 rings (SSSR count). The van der Waals surface area contributed by atoms with Gasteiger partial charge in [-0.2, -0.15) is 15.1 Å². The molecule has 0 atom stereocenters. The molecular formula is C19H18BFN6O2. The number of rotatable bonds is 6. The van der Waals surface area contributed by atoms with Crippen LogP contribution in [-0.4, -0.2) is 42.3 Å². The second-order valence-corrected chi connectivity index (χ2v) is 6.45. The topological polar surface area (TPSA) is 120 Å². The number of hydrogen-bond acceptors (Lipinski definition) is 7. The van der Waals surface area contributed by atoms with Crippen LogP contribution in [0.25, 0.3) is 22.4 Å². The molecule has 0 aliphatic carbocycles. The molecule has 0 aliphatic heterocycles. The van der Waals surface area contributed by atoms with Crippen molar-refractivity contribution in [2.45, 2.75) is 19.9 Å². The number of nitrogens with zero attached hydrogens (tertiary/aromatic N) is 4. The van der Waals surface area contributed by atoms with E-state index in [-0.39, 0.29) is 5.82 Å². The van der Waals surface area contributed by atoms with Gasteiger partial charge in [0.1, 0.15) is 17.3 Å². The van der Waals surface area contributed by atoms with Gasteiger partial charge in [0.05, 0.1) is 5.52 Å². The SMILES string of the molecule is CCc1nc(NCc2cccc(F)c2)nc(-c2[nH]nc3c(B(O)O)cccc23)n1. The standard InChI is InChI=1S/C19H18BFN6O2/c1-2-15-23-18(17-13-7-4-8-14(20(28)29)16(13)26-27-17)25-19(24-15)22-10-11-5-3-6-12(21)9-11/h3-9,28-29H,2,10H2,1H3,(H,26,27)(H,22,23,24,25). The number of aromatic nitrogens is 5. The van der Waals surface area contributed by atoms with Gasteiger partial charge in [0.25, 0.3) is 0 Å². The van der Waals surface area contributed by atoms with Crippen LogP contribution in [0.5, 0.6) is 0 Å². The molecule has 2 heterocycles. The molecule has 0 saturated heterocycles. The maximum absolute atomic E-state index is 13.4. The molecule has 29 heavy (non-hydrogen) atoms. The molecule has 0 amide bonds. The van der Waals surface area contributed by atoms with E-state index in [1.807, 2.05) is 13.0 Å². The summed E-state index contributed by atoms with van der Waals surface area (Å²) in [6, 6.07) is 11.4. The number of para-hydroxylation sites is 1. The molecule has 0 radical (unpaired) electrons. The number of anilines is 1. The first-order valence-electron chi connectivity index (χ1n) is 9.12. The highest BCUT2D eigenvalue weighted by atomic mass is 19.1. The second kappa shape index (κ2) is 7.94. The number of hydrogen-bond donors (Lipinski definition) is 4. The van der Waals surface area contributed by atoms with Crippen molar-refractivity contribution >= 4 is 29.4 Å². The third kappa shape index (κ3) is 3.93. The Morgan fingerprint density at radius 1 is 1.10 bits per heavy atom. The minimum atomic E-state index is -1.64. The summed E-state index contributed by atoms with van der Waals surface area (Å²) in [5, 5.41) is 29.9. The van der Waals surface area contributed by atoms with Gasteiger partial charge in [0, 0.05) is 23.8 Å². The van der Waals surface area contributed by atoms with Crippen LogP contribution in [0.2, 0.25) is 0 Å². The number of nitrogens with one attached hydrogen (secondary N) is 2. The van der Waals surface area contributed by atoms with E-state index >= 15 is 0 Å². The lowest BCUT2D eigenvalue weighted by Crippen LogP contribution is -2.30. The lowest BCUT2D eigenvalue weighted by atomic mass is 9.79. The van der Waals surface area contributed by atoms with Crippen LogP contribution in [0.15, 0.2) is 42.5 Å². The number of aryl methyl sites for hydroxylation is 1. The molecule has 8 nitrogen and oxygen atoms in total. The monoisotopic (exact) mass is 392 g/mol. The summed E-state index contributed by atoms with van der Waals surface area (Å²) < 4.78 is 13.4. The third-order valence-electron chi connectivity index (χ3n) is 4.46. The zero-order valence-corrected chi connectivity index (χ0v) is 15.6. The number of benzene rings is 2. The van der Waals surface area contributed by atoms with E-state index in [2.05, 4.69) is 30.5 Å². The predicted octanol–water partition coefficient (Wildman–Crippen LogP) is 1.41. The van der Waals surface area contributed by atoms with Gasteiger partial charge in [-0.05, 0) is 17.7 Å². The molecule has 4 aromatic rings. The van der Waals surface area contributed by atoms with Crippen molar-refractivity contribution in [2.24, 2.45) is 0 Å². The van der Waals surface area contributed by atoms with Gasteiger partial charge in [-0.1, -0.05) is 37.3 Å². The first kappa shape index (κ1) is 19.0. The van der Waals surface area contributed by atoms with E-state index in [4.69, 9.17) is 0 Å². The van der Waals surface area contributed by atoms with Crippen molar-refractivity contribution in [2.75, 3.05) is 5.32 Å². The number of fused-ring (bicyclic) bond motifs is 1. The highest BCUT2D eigenvalue weighted by molar-refractivity contribution is 6.61. The van der Waals surface area contributed by atoms with E-state index in [1.54, 1.807) is 24.3 Å². The molecule has 0 bridgehead atoms. The van der Waals surface area contributed by atoms with Crippen molar-refractivity contribution in [1.29, 1.82) is 0 Å². The molecule has 0 unspecified atom stereocenters. The molecule has 2 aromatic heterocycles. The van der Waals surface area contributed by atoms with Gasteiger partial charge in [-0.3, -0.25) is 5.10 Å². The number of H-pyrrole nitrogens is 1. The molecule has 2 aromatic carbocycles. The molecule has 10 heteroatoms. The van der Waals surface area contributed by atoms with E-state index in [1.165, 1.54) is 12.1 Å². The largest absolute Gasteiger partial charge is 0.490 e. The van der Waals surface area contributed by atoms with Crippen LogP contribution in [0, 0.1) is 5.82 Å². The Kier molecular flexibility index (Phi) is 5.19. The van der Waals surface area contributed by atoms with Crippen molar-refractivity contribution in [1.82, 2.24) is 25.1 Å². The summed E-state index contributed by atoms with van der Waals surface area (Å²) in [5.41, 5.74) is 2.04. The van der Waals surface area contributed by atoms with E-state index in [0.29, 0.717) is 52.6 Å². The summed E-state index contributed by atoms with van der Waals surface area (Å²) in [4.78, 5) is 13.3. The quantitative estimate of drug-likeness (QED) is 0.366. The van der Waals surface area contributed by atoms with Crippen molar-refractivity contribution in [3.05, 3.63) is 59.7 Å². The Bertz CT molecular complexity index is 1170. The fourth-order valence-corrected chi connectivity index (χ4v) is 3.04. The second-order valence-electron chi connectivity index (χ2n) is 6.45. The molecule has 0 spiro atoms. The third-order valence-corrected chi connectivity index (χ3v) is 4.46. The first-order valence-corrected chi connectivity index (χ1v) is 9.12. The Morgan fingerprint density at radius 3 is 2.69 bits per heavy atom. The van der Waals surface area contributed by atoms with Crippen molar-refractivity contribution in [3.63, 3.8) is 0 Å². The summed E-state index contributed by atoms with van der Waals surface area (Å²) in [7, 11) is -1.64. The van der Waals surface area contributed by atoms with Gasteiger partial charge >= 0.3 is 7.12 Å².